The van der Waals surface area contributed by atoms with Gasteiger partial charge in [0.05, 0.1) is 29.0 Å². The van der Waals surface area contributed by atoms with Crippen LogP contribution in [0, 0.1) is 5.82 Å². The summed E-state index contributed by atoms with van der Waals surface area (Å²) < 4.78 is 43.2. The summed E-state index contributed by atoms with van der Waals surface area (Å²) in [6.45, 7) is 6.71. The van der Waals surface area contributed by atoms with Crippen molar-refractivity contribution in [2.45, 2.75) is 64.1 Å². The molecule has 2 saturated heterocycles. The van der Waals surface area contributed by atoms with Crippen molar-refractivity contribution in [2.75, 3.05) is 11.9 Å². The molecule has 0 aliphatic carbocycles. The van der Waals surface area contributed by atoms with Gasteiger partial charge in [0.15, 0.2) is 5.69 Å². The fourth-order valence-electron chi connectivity index (χ4n) is 4.97. The molecule has 13 heteroatoms. The van der Waals surface area contributed by atoms with Crippen molar-refractivity contribution >= 4 is 46.9 Å². The zero-order chi connectivity index (χ0) is 29.0. The van der Waals surface area contributed by atoms with E-state index in [-0.39, 0.29) is 36.4 Å². The van der Waals surface area contributed by atoms with E-state index in [9.17, 15) is 18.8 Å². The van der Waals surface area contributed by atoms with Crippen LogP contribution in [-0.4, -0.2) is 69.5 Å². The number of alkyl halides is 1. The molecule has 10 nitrogen and oxygen atoms in total. The molecule has 3 aromatic rings. The fourth-order valence-corrected chi connectivity index (χ4v) is 4.97. The lowest BCUT2D eigenvalue weighted by atomic mass is 9.78. The SMILES string of the molecule is CC1(C)OB(c2cccc(NC(=O)[C@@H]3C[C@@H](F)CN3C(=O)Cn3nc(C(N)=O)c4ccccc43)c2F)OC1(C)C. The third-order valence-electron chi connectivity index (χ3n) is 7.84. The Hall–Kier alpha value is -3.84. The van der Waals surface area contributed by atoms with E-state index in [4.69, 9.17) is 15.0 Å². The van der Waals surface area contributed by atoms with E-state index >= 15 is 4.39 Å². The number of hydrogen-bond acceptors (Lipinski definition) is 6. The number of rotatable bonds is 6. The van der Waals surface area contributed by atoms with Crippen LogP contribution in [0.15, 0.2) is 42.5 Å². The van der Waals surface area contributed by atoms with Crippen LogP contribution in [0.4, 0.5) is 14.5 Å². The first-order valence-corrected chi connectivity index (χ1v) is 12.9. The van der Waals surface area contributed by atoms with Crippen molar-refractivity contribution in [3.63, 3.8) is 0 Å². The van der Waals surface area contributed by atoms with Gasteiger partial charge in [-0.05, 0) is 39.8 Å². The van der Waals surface area contributed by atoms with E-state index in [1.54, 1.807) is 30.3 Å². The maximum atomic E-state index is 15.5. The standard InChI is InChI=1S/C27H30BF2N5O5/c1-26(2)27(3,4)40-28(39-26)17-9-7-10-18(22(17)30)32-25(38)20-12-15(29)13-34(20)21(36)14-35-19-11-6-5-8-16(19)23(33-35)24(31)37/h5-11,15,20H,12-14H2,1-4H3,(H2,31,37)(H,32,38)/t15-,20+/m1/s1. The van der Waals surface area contributed by atoms with E-state index in [0.717, 1.165) is 4.90 Å². The monoisotopic (exact) mass is 553 g/mol. The summed E-state index contributed by atoms with van der Waals surface area (Å²) in [5, 5.41) is 7.14. The number of aromatic nitrogens is 2. The molecular weight excluding hydrogens is 523 g/mol. The highest BCUT2D eigenvalue weighted by atomic mass is 19.1. The van der Waals surface area contributed by atoms with Crippen molar-refractivity contribution in [1.82, 2.24) is 14.7 Å². The summed E-state index contributed by atoms with van der Waals surface area (Å²) in [5.74, 6) is -2.82. The van der Waals surface area contributed by atoms with Crippen molar-refractivity contribution in [3.8, 4) is 0 Å². The number of amides is 3. The summed E-state index contributed by atoms with van der Waals surface area (Å²) in [5.41, 5.74) is 4.50. The highest BCUT2D eigenvalue weighted by molar-refractivity contribution is 6.62. The number of likely N-dealkylation sites (tertiary alicyclic amines) is 1. The average Bonchev–Trinajstić information content (AvgIpc) is 3.51. The van der Waals surface area contributed by atoms with Gasteiger partial charge in [-0.25, -0.2) is 8.78 Å². The van der Waals surface area contributed by atoms with Gasteiger partial charge in [-0.3, -0.25) is 19.1 Å². The predicted molar refractivity (Wildman–Crippen MR) is 144 cm³/mol. The second-order valence-electron chi connectivity index (χ2n) is 11.1. The van der Waals surface area contributed by atoms with Crippen LogP contribution in [0.3, 0.4) is 0 Å². The predicted octanol–water partition coefficient (Wildman–Crippen LogP) is 2.15. The van der Waals surface area contributed by atoms with Gasteiger partial charge in [-0.2, -0.15) is 5.10 Å². The van der Waals surface area contributed by atoms with E-state index in [1.807, 2.05) is 27.7 Å². The topological polar surface area (TPSA) is 129 Å². The number of para-hydroxylation sites is 1. The summed E-state index contributed by atoms with van der Waals surface area (Å²) in [7, 11) is -0.990. The van der Waals surface area contributed by atoms with Crippen molar-refractivity contribution < 1.29 is 32.5 Å². The lowest BCUT2D eigenvalue weighted by Crippen LogP contribution is -2.45. The second kappa shape index (κ2) is 9.97. The molecule has 0 saturated carbocycles. The third kappa shape index (κ3) is 4.83. The van der Waals surface area contributed by atoms with Gasteiger partial charge in [0, 0.05) is 17.3 Å². The number of fused-ring (bicyclic) bond motifs is 1. The van der Waals surface area contributed by atoms with Crippen molar-refractivity contribution in [2.24, 2.45) is 5.73 Å². The summed E-state index contributed by atoms with van der Waals surface area (Å²) in [6.07, 6.45) is -1.70. The molecule has 3 amide bonds. The van der Waals surface area contributed by atoms with Crippen molar-refractivity contribution in [3.05, 3.63) is 54.0 Å². The lowest BCUT2D eigenvalue weighted by Gasteiger charge is -2.32. The smallest absolute Gasteiger partial charge is 0.399 e. The molecule has 3 heterocycles. The molecule has 2 aliphatic heterocycles. The Morgan fingerprint density at radius 2 is 1.77 bits per heavy atom. The Bertz CT molecular complexity index is 1490. The van der Waals surface area contributed by atoms with Gasteiger partial charge in [0.25, 0.3) is 5.91 Å². The summed E-state index contributed by atoms with van der Waals surface area (Å²) in [4.78, 5) is 39.4. The molecular formula is C27H30BF2N5O5. The highest BCUT2D eigenvalue weighted by Crippen LogP contribution is 2.37. The van der Waals surface area contributed by atoms with E-state index in [0.29, 0.717) is 10.9 Å². The number of nitrogens with one attached hydrogen (secondary N) is 1. The number of halogens is 2. The zero-order valence-corrected chi connectivity index (χ0v) is 22.6. The Kier molecular flexibility index (Phi) is 6.91. The Balaban J connectivity index is 1.34. The molecule has 2 fully saturated rings. The number of carbonyl (C=O) groups excluding carboxylic acids is 3. The van der Waals surface area contributed by atoms with Crippen LogP contribution in [-0.2, 0) is 25.4 Å². The number of hydrogen-bond donors (Lipinski definition) is 2. The number of nitrogens with zero attached hydrogens (tertiary/aromatic N) is 3. The number of nitrogens with two attached hydrogens (primary N) is 1. The van der Waals surface area contributed by atoms with Gasteiger partial charge in [0.1, 0.15) is 24.6 Å². The van der Waals surface area contributed by atoms with Gasteiger partial charge in [-0.15, -0.1) is 0 Å². The number of carbonyl (C=O) groups is 3. The fraction of sp³-hybridized carbons (Fsp3) is 0.407. The molecule has 0 unspecified atom stereocenters. The van der Waals surface area contributed by atoms with Crippen molar-refractivity contribution in [1.29, 1.82) is 0 Å². The molecule has 2 aromatic carbocycles. The molecule has 3 N–H and O–H groups in total. The Labute approximate surface area is 229 Å². The highest BCUT2D eigenvalue weighted by Gasteiger charge is 2.52. The van der Waals surface area contributed by atoms with Gasteiger partial charge >= 0.3 is 7.12 Å². The number of benzene rings is 2. The largest absolute Gasteiger partial charge is 0.497 e. The van der Waals surface area contributed by atoms with Gasteiger partial charge in [0.2, 0.25) is 11.8 Å². The number of primary amides is 1. The van der Waals surface area contributed by atoms with E-state index in [2.05, 4.69) is 10.4 Å². The third-order valence-corrected chi connectivity index (χ3v) is 7.84. The minimum atomic E-state index is -1.45. The molecule has 5 rings (SSSR count). The molecule has 1 aromatic heterocycles. The molecule has 40 heavy (non-hydrogen) atoms. The first-order valence-electron chi connectivity index (χ1n) is 12.9. The van der Waals surface area contributed by atoms with E-state index in [1.165, 1.54) is 16.8 Å². The quantitative estimate of drug-likeness (QED) is 0.451. The first kappa shape index (κ1) is 27.7. The van der Waals surface area contributed by atoms with Crippen LogP contribution in [0.25, 0.3) is 10.9 Å². The van der Waals surface area contributed by atoms with E-state index < -0.39 is 54.1 Å². The molecule has 0 bridgehead atoms. The minimum Gasteiger partial charge on any atom is -0.399 e. The number of anilines is 1. The van der Waals surface area contributed by atoms with Crippen LogP contribution in [0.1, 0.15) is 44.6 Å². The average molecular weight is 553 g/mol. The molecule has 210 valence electrons. The van der Waals surface area contributed by atoms with Crippen LogP contribution < -0.4 is 16.5 Å². The lowest BCUT2D eigenvalue weighted by molar-refractivity contribution is -0.137. The summed E-state index contributed by atoms with van der Waals surface area (Å²) >= 11 is 0. The molecule has 0 spiro atoms. The summed E-state index contributed by atoms with van der Waals surface area (Å²) in [6, 6.07) is 9.99. The Morgan fingerprint density at radius 3 is 2.45 bits per heavy atom. The van der Waals surface area contributed by atoms with Crippen LogP contribution >= 0.6 is 0 Å². The zero-order valence-electron chi connectivity index (χ0n) is 22.6. The van der Waals surface area contributed by atoms with Crippen LogP contribution in [0.5, 0.6) is 0 Å². The minimum absolute atomic E-state index is 0.000151. The normalized spacial score (nSPS) is 21.6. The maximum absolute atomic E-state index is 15.5. The van der Waals surface area contributed by atoms with Gasteiger partial charge < -0.3 is 25.3 Å². The molecule has 2 atom stereocenters. The van der Waals surface area contributed by atoms with Crippen LogP contribution in [0.2, 0.25) is 0 Å². The first-order chi connectivity index (χ1) is 18.8. The molecule has 2 aliphatic rings. The van der Waals surface area contributed by atoms with Gasteiger partial charge in [-0.1, -0.05) is 30.3 Å². The second-order valence-corrected chi connectivity index (χ2v) is 11.1. The maximum Gasteiger partial charge on any atom is 0.497 e. The molecule has 0 radical (unpaired) electrons. The Morgan fingerprint density at radius 1 is 1.10 bits per heavy atom.